The molecule has 0 amide bonds. The van der Waals surface area contributed by atoms with Gasteiger partial charge < -0.3 is 18.9 Å². The van der Waals surface area contributed by atoms with Gasteiger partial charge in [-0.15, -0.1) is 0 Å². The molecule has 0 saturated heterocycles. The van der Waals surface area contributed by atoms with Gasteiger partial charge in [0.1, 0.15) is 36.3 Å². The number of hydrogen-bond donors (Lipinski definition) is 0. The van der Waals surface area contributed by atoms with Crippen LogP contribution < -0.4 is 14.2 Å². The van der Waals surface area contributed by atoms with E-state index in [2.05, 4.69) is 0 Å². The number of carbonyl (C=O) groups is 1. The molecule has 0 aliphatic rings. The summed E-state index contributed by atoms with van der Waals surface area (Å²) in [5.41, 5.74) is 2.87. The maximum atomic E-state index is 12.9. The number of halogens is 1. The largest absolute Gasteiger partial charge is 0.490 e. The third kappa shape index (κ3) is 6.22. The second-order valence-electron chi connectivity index (χ2n) is 6.99. The normalized spacial score (nSPS) is 11.5. The van der Waals surface area contributed by atoms with E-state index in [-0.39, 0.29) is 5.82 Å². The number of methoxy groups -OCH3 is 1. The topological polar surface area (TPSA) is 54.0 Å². The first-order chi connectivity index (χ1) is 15.0. The lowest BCUT2D eigenvalue weighted by Gasteiger charge is -2.18. The van der Waals surface area contributed by atoms with E-state index >= 15 is 0 Å². The fourth-order valence-corrected chi connectivity index (χ4v) is 2.87. The van der Waals surface area contributed by atoms with E-state index < -0.39 is 12.1 Å². The van der Waals surface area contributed by atoms with Crippen molar-refractivity contribution in [3.05, 3.63) is 89.2 Å². The summed E-state index contributed by atoms with van der Waals surface area (Å²) in [5, 5.41) is 0. The molecule has 1 unspecified atom stereocenters. The van der Waals surface area contributed by atoms with Gasteiger partial charge in [0.05, 0.1) is 7.11 Å². The van der Waals surface area contributed by atoms with Crippen LogP contribution >= 0.6 is 0 Å². The quantitative estimate of drug-likeness (QED) is 0.349. The molecule has 0 heterocycles. The van der Waals surface area contributed by atoms with Crippen molar-refractivity contribution < 1.29 is 28.1 Å². The maximum absolute atomic E-state index is 12.9. The Morgan fingerprint density at radius 2 is 1.35 bits per heavy atom. The van der Waals surface area contributed by atoms with Crippen molar-refractivity contribution >= 4 is 5.97 Å². The van der Waals surface area contributed by atoms with Gasteiger partial charge in [-0.3, -0.25) is 0 Å². The molecule has 0 aliphatic heterocycles. The molecule has 0 fully saturated rings. The van der Waals surface area contributed by atoms with Crippen LogP contribution in [-0.4, -0.2) is 26.3 Å². The van der Waals surface area contributed by atoms with Crippen LogP contribution in [0.25, 0.3) is 0 Å². The van der Waals surface area contributed by atoms with Crippen LogP contribution in [-0.2, 0) is 9.53 Å². The minimum Gasteiger partial charge on any atom is -0.490 e. The zero-order valence-electron chi connectivity index (χ0n) is 17.8. The first-order valence-corrected chi connectivity index (χ1v) is 9.89. The van der Waals surface area contributed by atoms with Crippen molar-refractivity contribution in [2.75, 3.05) is 20.3 Å². The Labute approximate surface area is 181 Å². The number of aryl methyl sites for hydroxylation is 2. The summed E-state index contributed by atoms with van der Waals surface area (Å²) >= 11 is 0. The van der Waals surface area contributed by atoms with Gasteiger partial charge in [0.15, 0.2) is 0 Å². The average Bonchev–Trinajstić information content (AvgIpc) is 2.78. The highest BCUT2D eigenvalue weighted by Crippen LogP contribution is 2.26. The Morgan fingerprint density at radius 1 is 0.806 bits per heavy atom. The van der Waals surface area contributed by atoms with E-state index in [1.807, 2.05) is 32.0 Å². The van der Waals surface area contributed by atoms with E-state index in [4.69, 9.17) is 18.9 Å². The molecule has 3 aromatic rings. The Kier molecular flexibility index (Phi) is 7.49. The highest BCUT2D eigenvalue weighted by atomic mass is 19.1. The van der Waals surface area contributed by atoms with Gasteiger partial charge in [0.25, 0.3) is 0 Å². The SMILES string of the molecule is COC(=O)C(Oc1ccc(C)c(C)c1)c1ccc(OCCOc2ccc(F)cc2)cc1. The summed E-state index contributed by atoms with van der Waals surface area (Å²) in [5.74, 6) is 0.998. The van der Waals surface area contributed by atoms with Crippen molar-refractivity contribution in [1.82, 2.24) is 0 Å². The highest BCUT2D eigenvalue weighted by Gasteiger charge is 2.24. The lowest BCUT2D eigenvalue weighted by molar-refractivity contribution is -0.149. The van der Waals surface area contributed by atoms with Crippen LogP contribution in [0.5, 0.6) is 17.2 Å². The Morgan fingerprint density at radius 3 is 1.90 bits per heavy atom. The molecule has 0 saturated carbocycles. The van der Waals surface area contributed by atoms with E-state index in [0.29, 0.717) is 36.0 Å². The van der Waals surface area contributed by atoms with Crippen LogP contribution in [0.3, 0.4) is 0 Å². The number of benzene rings is 3. The molecule has 3 aromatic carbocycles. The number of ether oxygens (including phenoxy) is 4. The van der Waals surface area contributed by atoms with Gasteiger partial charge in [-0.2, -0.15) is 0 Å². The van der Waals surface area contributed by atoms with Crippen molar-refractivity contribution in [3.63, 3.8) is 0 Å². The second kappa shape index (κ2) is 10.5. The molecule has 6 heteroatoms. The smallest absolute Gasteiger partial charge is 0.351 e. The average molecular weight is 424 g/mol. The van der Waals surface area contributed by atoms with Gasteiger partial charge in [0.2, 0.25) is 6.10 Å². The summed E-state index contributed by atoms with van der Waals surface area (Å²) < 4.78 is 34.9. The third-order valence-corrected chi connectivity index (χ3v) is 4.76. The van der Waals surface area contributed by atoms with Gasteiger partial charge in [-0.1, -0.05) is 18.2 Å². The van der Waals surface area contributed by atoms with Crippen molar-refractivity contribution in [1.29, 1.82) is 0 Å². The van der Waals surface area contributed by atoms with Crippen LogP contribution in [0.4, 0.5) is 4.39 Å². The van der Waals surface area contributed by atoms with E-state index in [0.717, 1.165) is 11.1 Å². The summed E-state index contributed by atoms with van der Waals surface area (Å²) in [6, 6.07) is 18.5. The standard InChI is InChI=1S/C25H25FO5/c1-17-4-9-23(16-18(17)2)31-24(25(27)28-3)19-5-10-21(11-6-19)29-14-15-30-22-12-7-20(26)8-13-22/h4-13,16,24H,14-15H2,1-3H3. The number of hydrogen-bond acceptors (Lipinski definition) is 5. The molecular weight excluding hydrogens is 399 g/mol. The molecule has 1 atom stereocenters. The minimum atomic E-state index is -0.886. The molecule has 0 bridgehead atoms. The van der Waals surface area contributed by atoms with Crippen LogP contribution in [0.2, 0.25) is 0 Å². The van der Waals surface area contributed by atoms with Crippen LogP contribution in [0.15, 0.2) is 66.7 Å². The fraction of sp³-hybridized carbons (Fsp3) is 0.240. The molecule has 0 aliphatic carbocycles. The number of rotatable bonds is 9. The lowest BCUT2D eigenvalue weighted by atomic mass is 10.1. The zero-order chi connectivity index (χ0) is 22.2. The molecule has 3 rings (SSSR count). The Balaban J connectivity index is 1.59. The molecule has 0 aromatic heterocycles. The maximum Gasteiger partial charge on any atom is 0.351 e. The van der Waals surface area contributed by atoms with Crippen LogP contribution in [0, 0.1) is 19.7 Å². The Bertz CT molecular complexity index is 999. The summed E-state index contributed by atoms with van der Waals surface area (Å²) in [6.07, 6.45) is -0.886. The van der Waals surface area contributed by atoms with Crippen molar-refractivity contribution in [2.24, 2.45) is 0 Å². The summed E-state index contributed by atoms with van der Waals surface area (Å²) in [4.78, 5) is 12.3. The molecule has 162 valence electrons. The lowest BCUT2D eigenvalue weighted by Crippen LogP contribution is -2.20. The fourth-order valence-electron chi connectivity index (χ4n) is 2.87. The van der Waals surface area contributed by atoms with Gasteiger partial charge in [0, 0.05) is 5.56 Å². The minimum absolute atomic E-state index is 0.310. The molecule has 31 heavy (non-hydrogen) atoms. The first kappa shape index (κ1) is 22.2. The van der Waals surface area contributed by atoms with Crippen molar-refractivity contribution in [2.45, 2.75) is 20.0 Å². The summed E-state index contributed by atoms with van der Waals surface area (Å²) in [6.45, 7) is 4.63. The molecule has 5 nitrogen and oxygen atoms in total. The third-order valence-electron chi connectivity index (χ3n) is 4.76. The molecular formula is C25H25FO5. The molecule has 0 spiro atoms. The van der Waals surface area contributed by atoms with Crippen molar-refractivity contribution in [3.8, 4) is 17.2 Å². The van der Waals surface area contributed by atoms with Gasteiger partial charge in [-0.25, -0.2) is 9.18 Å². The van der Waals surface area contributed by atoms with E-state index in [9.17, 15) is 9.18 Å². The predicted octanol–water partition coefficient (Wildman–Crippen LogP) is 5.19. The molecule has 0 radical (unpaired) electrons. The van der Waals surface area contributed by atoms with Crippen LogP contribution in [0.1, 0.15) is 22.8 Å². The summed E-state index contributed by atoms with van der Waals surface area (Å²) in [7, 11) is 1.33. The first-order valence-electron chi connectivity index (χ1n) is 9.89. The van der Waals surface area contributed by atoms with Gasteiger partial charge >= 0.3 is 5.97 Å². The van der Waals surface area contributed by atoms with E-state index in [1.54, 1.807) is 36.4 Å². The second-order valence-corrected chi connectivity index (χ2v) is 6.99. The number of esters is 1. The number of carbonyl (C=O) groups excluding carboxylic acids is 1. The van der Waals surface area contributed by atoms with E-state index in [1.165, 1.54) is 19.2 Å². The monoisotopic (exact) mass is 424 g/mol. The highest BCUT2D eigenvalue weighted by molar-refractivity contribution is 5.77. The Hall–Kier alpha value is -3.54. The molecule has 0 N–H and O–H groups in total. The van der Waals surface area contributed by atoms with Gasteiger partial charge in [-0.05, 0) is 73.5 Å². The zero-order valence-corrected chi connectivity index (χ0v) is 17.8. The predicted molar refractivity (Wildman–Crippen MR) is 115 cm³/mol.